The Morgan fingerprint density at radius 2 is 2.00 bits per heavy atom. The molecule has 0 heterocycles. The van der Waals surface area contributed by atoms with E-state index in [2.05, 4.69) is 10.6 Å². The van der Waals surface area contributed by atoms with E-state index in [1.165, 1.54) is 6.07 Å². The molecule has 0 bridgehead atoms. The second-order valence-corrected chi connectivity index (χ2v) is 5.25. The Balaban J connectivity index is 0.00000220. The number of amides is 1. The van der Waals surface area contributed by atoms with Crippen LogP contribution in [0.25, 0.3) is 0 Å². The predicted molar refractivity (Wildman–Crippen MR) is 78.0 cm³/mol. The molecule has 1 aromatic rings. The average molecular weight is 343 g/mol. The molecule has 1 amide bonds. The number of halogens is 5. The molecule has 1 aromatic carbocycles. The summed E-state index contributed by atoms with van der Waals surface area (Å²) >= 11 is 5.51. The molecule has 0 aromatic heterocycles. The van der Waals surface area contributed by atoms with Crippen LogP contribution in [0.2, 0.25) is 5.02 Å². The van der Waals surface area contributed by atoms with Crippen LogP contribution in [0, 0.1) is 0 Å². The number of benzene rings is 1. The Morgan fingerprint density at radius 3 is 2.52 bits per heavy atom. The molecule has 2 N–H and O–H groups in total. The maximum atomic E-state index is 12.7. The Kier molecular flexibility index (Phi) is 5.90. The van der Waals surface area contributed by atoms with Gasteiger partial charge in [-0.3, -0.25) is 4.79 Å². The second kappa shape index (κ2) is 6.85. The first-order valence-corrected chi connectivity index (χ1v) is 6.59. The number of carbonyl (C=O) groups excluding carboxylic acids is 1. The maximum absolute atomic E-state index is 12.7. The first kappa shape index (κ1) is 18.1. The highest BCUT2D eigenvalue weighted by Gasteiger charge is 2.33. The van der Waals surface area contributed by atoms with Crippen molar-refractivity contribution in [2.75, 3.05) is 5.32 Å². The molecule has 1 atom stereocenters. The summed E-state index contributed by atoms with van der Waals surface area (Å²) in [6.45, 7) is 1.67. The highest BCUT2D eigenvalue weighted by molar-refractivity contribution is 6.31. The molecule has 118 valence electrons. The molecule has 1 aliphatic carbocycles. The normalized spacial score (nSPS) is 16.0. The van der Waals surface area contributed by atoms with Gasteiger partial charge in [-0.05, 0) is 38.0 Å². The number of carbonyl (C=O) groups is 1. The number of anilines is 1. The summed E-state index contributed by atoms with van der Waals surface area (Å²) in [7, 11) is 0. The molecular weight excluding hydrogens is 328 g/mol. The standard InChI is InChI=1S/C13H14ClF3N2O.ClH/c1-7(18-8-2-3-8)12(20)19-9-4-5-11(14)10(6-9)13(15,16)17;/h4-8,18H,2-3H2,1H3,(H,19,20);1H. The van der Waals surface area contributed by atoms with E-state index in [0.717, 1.165) is 25.0 Å². The van der Waals surface area contributed by atoms with Gasteiger partial charge >= 0.3 is 6.18 Å². The summed E-state index contributed by atoms with van der Waals surface area (Å²) in [5.74, 6) is -0.368. The Morgan fingerprint density at radius 1 is 1.38 bits per heavy atom. The summed E-state index contributed by atoms with van der Waals surface area (Å²) in [5, 5.41) is 5.13. The molecule has 1 aliphatic rings. The van der Waals surface area contributed by atoms with Crippen molar-refractivity contribution in [2.24, 2.45) is 0 Å². The number of rotatable bonds is 4. The number of hydrogen-bond acceptors (Lipinski definition) is 2. The van der Waals surface area contributed by atoms with Gasteiger partial charge < -0.3 is 10.6 Å². The van der Waals surface area contributed by atoms with Gasteiger partial charge in [-0.2, -0.15) is 13.2 Å². The lowest BCUT2D eigenvalue weighted by Gasteiger charge is -2.15. The molecule has 0 aliphatic heterocycles. The van der Waals surface area contributed by atoms with Crippen LogP contribution in [0.3, 0.4) is 0 Å². The van der Waals surface area contributed by atoms with E-state index in [1.54, 1.807) is 6.92 Å². The number of hydrogen-bond donors (Lipinski definition) is 2. The summed E-state index contributed by atoms with van der Waals surface area (Å²) in [5.41, 5.74) is -0.879. The van der Waals surface area contributed by atoms with Crippen LogP contribution in [-0.2, 0) is 11.0 Å². The topological polar surface area (TPSA) is 41.1 Å². The van der Waals surface area contributed by atoms with Gasteiger partial charge in [-0.15, -0.1) is 12.4 Å². The Labute approximate surface area is 131 Å². The lowest BCUT2D eigenvalue weighted by Crippen LogP contribution is -2.39. The molecule has 0 radical (unpaired) electrons. The fourth-order valence-corrected chi connectivity index (χ4v) is 1.97. The van der Waals surface area contributed by atoms with E-state index in [1.807, 2.05) is 0 Å². The molecule has 0 spiro atoms. The minimum atomic E-state index is -4.55. The maximum Gasteiger partial charge on any atom is 0.417 e. The molecule has 3 nitrogen and oxygen atoms in total. The van der Waals surface area contributed by atoms with Gasteiger partial charge in [-0.25, -0.2) is 0 Å². The minimum absolute atomic E-state index is 0. The number of alkyl halides is 3. The molecule has 21 heavy (non-hydrogen) atoms. The quantitative estimate of drug-likeness (QED) is 0.872. The van der Waals surface area contributed by atoms with Crippen LogP contribution in [-0.4, -0.2) is 18.0 Å². The summed E-state index contributed by atoms with van der Waals surface area (Å²) in [6.07, 6.45) is -2.50. The zero-order chi connectivity index (χ0) is 14.9. The van der Waals surface area contributed by atoms with E-state index >= 15 is 0 Å². The van der Waals surface area contributed by atoms with Crippen LogP contribution in [0.5, 0.6) is 0 Å². The van der Waals surface area contributed by atoms with Crippen LogP contribution in [0.15, 0.2) is 18.2 Å². The Hall–Kier alpha value is -0.980. The monoisotopic (exact) mass is 342 g/mol. The second-order valence-electron chi connectivity index (χ2n) is 4.84. The van der Waals surface area contributed by atoms with Crippen LogP contribution >= 0.6 is 24.0 Å². The van der Waals surface area contributed by atoms with Crippen molar-refractivity contribution in [3.8, 4) is 0 Å². The largest absolute Gasteiger partial charge is 0.417 e. The zero-order valence-corrected chi connectivity index (χ0v) is 12.7. The highest BCUT2D eigenvalue weighted by Crippen LogP contribution is 2.36. The zero-order valence-electron chi connectivity index (χ0n) is 11.1. The highest BCUT2D eigenvalue weighted by atomic mass is 35.5. The van der Waals surface area contributed by atoms with E-state index in [-0.39, 0.29) is 29.0 Å². The van der Waals surface area contributed by atoms with Gasteiger partial charge in [0, 0.05) is 11.7 Å². The van der Waals surface area contributed by atoms with Gasteiger partial charge in [0.2, 0.25) is 5.91 Å². The molecule has 8 heteroatoms. The molecule has 1 saturated carbocycles. The van der Waals surface area contributed by atoms with Gasteiger partial charge in [0.25, 0.3) is 0 Å². The molecule has 0 saturated heterocycles. The number of nitrogens with one attached hydrogen (secondary N) is 2. The third-order valence-corrected chi connectivity index (χ3v) is 3.33. The van der Waals surface area contributed by atoms with Crippen molar-refractivity contribution in [3.05, 3.63) is 28.8 Å². The van der Waals surface area contributed by atoms with E-state index in [0.29, 0.717) is 6.04 Å². The molecule has 1 fully saturated rings. The minimum Gasteiger partial charge on any atom is -0.325 e. The van der Waals surface area contributed by atoms with E-state index in [4.69, 9.17) is 11.6 Å². The summed E-state index contributed by atoms with van der Waals surface area (Å²) in [4.78, 5) is 11.8. The van der Waals surface area contributed by atoms with Crippen LogP contribution in [0.1, 0.15) is 25.3 Å². The molecular formula is C13H15Cl2F3N2O. The lowest BCUT2D eigenvalue weighted by atomic mass is 10.2. The summed E-state index contributed by atoms with van der Waals surface area (Å²) < 4.78 is 38.1. The van der Waals surface area contributed by atoms with Crippen molar-refractivity contribution < 1.29 is 18.0 Å². The fraction of sp³-hybridized carbons (Fsp3) is 0.462. The van der Waals surface area contributed by atoms with Gasteiger partial charge in [0.15, 0.2) is 0 Å². The first-order valence-electron chi connectivity index (χ1n) is 6.21. The van der Waals surface area contributed by atoms with E-state index < -0.39 is 17.8 Å². The van der Waals surface area contributed by atoms with Gasteiger partial charge in [0.1, 0.15) is 0 Å². The van der Waals surface area contributed by atoms with Crippen LogP contribution < -0.4 is 10.6 Å². The van der Waals surface area contributed by atoms with E-state index in [9.17, 15) is 18.0 Å². The smallest absolute Gasteiger partial charge is 0.325 e. The first-order chi connectivity index (χ1) is 9.27. The van der Waals surface area contributed by atoms with Crippen molar-refractivity contribution in [1.82, 2.24) is 5.32 Å². The van der Waals surface area contributed by atoms with Gasteiger partial charge in [-0.1, -0.05) is 11.6 Å². The lowest BCUT2D eigenvalue weighted by molar-refractivity contribution is -0.137. The van der Waals surface area contributed by atoms with Crippen LogP contribution in [0.4, 0.5) is 18.9 Å². The van der Waals surface area contributed by atoms with Crippen molar-refractivity contribution in [2.45, 2.75) is 38.0 Å². The molecule has 2 rings (SSSR count). The molecule has 1 unspecified atom stereocenters. The van der Waals surface area contributed by atoms with Gasteiger partial charge in [0.05, 0.1) is 16.6 Å². The summed E-state index contributed by atoms with van der Waals surface area (Å²) in [6, 6.07) is 3.20. The average Bonchev–Trinajstić information content (AvgIpc) is 3.14. The van der Waals surface area contributed by atoms with Crippen molar-refractivity contribution >= 4 is 35.6 Å². The third kappa shape index (κ3) is 5.05. The predicted octanol–water partition coefficient (Wildman–Crippen LogP) is 3.86. The fourth-order valence-electron chi connectivity index (χ4n) is 1.75. The SMILES string of the molecule is CC(NC1CC1)C(=O)Nc1ccc(Cl)c(C(F)(F)F)c1.Cl. The Bertz CT molecular complexity index is 519. The van der Waals surface area contributed by atoms with Crippen molar-refractivity contribution in [1.29, 1.82) is 0 Å². The third-order valence-electron chi connectivity index (χ3n) is 3.00. The van der Waals surface area contributed by atoms with Crippen molar-refractivity contribution in [3.63, 3.8) is 0 Å².